The molecule has 0 heterocycles. The van der Waals surface area contributed by atoms with E-state index in [-0.39, 0.29) is 17.9 Å². The zero-order valence-electron chi connectivity index (χ0n) is 21.2. The maximum absolute atomic E-state index is 13.6. The second-order valence-corrected chi connectivity index (χ2v) is 10.3. The number of rotatable bonds is 11. The van der Waals surface area contributed by atoms with Crippen LogP contribution >= 0.6 is 11.8 Å². The van der Waals surface area contributed by atoms with Crippen LogP contribution in [0.2, 0.25) is 0 Å². The molecule has 5 heteroatoms. The van der Waals surface area contributed by atoms with Crippen molar-refractivity contribution < 1.29 is 9.59 Å². The van der Waals surface area contributed by atoms with Crippen molar-refractivity contribution in [3.63, 3.8) is 0 Å². The number of carbonyl (C=O) groups is 2. The maximum Gasteiger partial charge on any atom is 0.243 e. The summed E-state index contributed by atoms with van der Waals surface area (Å²) >= 11 is 1.59. The molecule has 0 aliphatic carbocycles. The van der Waals surface area contributed by atoms with Crippen molar-refractivity contribution in [2.24, 2.45) is 0 Å². The molecule has 2 amide bonds. The molecule has 3 aromatic rings. The lowest BCUT2D eigenvalue weighted by molar-refractivity contribution is -0.139. The minimum absolute atomic E-state index is 0.00684. The molecule has 1 N–H and O–H groups in total. The number of benzene rings is 3. The van der Waals surface area contributed by atoms with Gasteiger partial charge in [-0.15, -0.1) is 11.8 Å². The van der Waals surface area contributed by atoms with Gasteiger partial charge >= 0.3 is 0 Å². The first kappa shape index (κ1) is 26.6. The van der Waals surface area contributed by atoms with Crippen LogP contribution in [0.4, 0.5) is 0 Å². The number of aryl methyl sites for hydroxylation is 2. The van der Waals surface area contributed by atoms with Crippen LogP contribution in [0.1, 0.15) is 41.7 Å². The quantitative estimate of drug-likeness (QED) is 0.377. The van der Waals surface area contributed by atoms with E-state index >= 15 is 0 Å². The summed E-state index contributed by atoms with van der Waals surface area (Å²) in [5.74, 6) is 0.933. The topological polar surface area (TPSA) is 49.4 Å². The first-order chi connectivity index (χ1) is 16.8. The van der Waals surface area contributed by atoms with Crippen molar-refractivity contribution in [2.75, 3.05) is 5.75 Å². The van der Waals surface area contributed by atoms with Crippen molar-refractivity contribution in [3.05, 3.63) is 107 Å². The lowest BCUT2D eigenvalue weighted by Gasteiger charge is -2.32. The molecule has 1 atom stereocenters. The predicted molar refractivity (Wildman–Crippen MR) is 146 cm³/mol. The SMILES string of the molecule is Cc1ccc(CSCC(=O)N(Cc2cccc(C)c2)C(Cc2ccccc2)C(=O)NC(C)C)cc1. The molecule has 0 fully saturated rings. The smallest absolute Gasteiger partial charge is 0.243 e. The van der Waals surface area contributed by atoms with Crippen molar-refractivity contribution in [2.45, 2.75) is 58.5 Å². The summed E-state index contributed by atoms with van der Waals surface area (Å²) in [6, 6.07) is 25.9. The number of nitrogens with zero attached hydrogens (tertiary/aromatic N) is 1. The van der Waals surface area contributed by atoms with E-state index in [1.165, 1.54) is 11.1 Å². The first-order valence-corrected chi connectivity index (χ1v) is 13.3. The van der Waals surface area contributed by atoms with Gasteiger partial charge in [-0.25, -0.2) is 0 Å². The molecule has 35 heavy (non-hydrogen) atoms. The zero-order valence-corrected chi connectivity index (χ0v) is 22.0. The highest BCUT2D eigenvalue weighted by Gasteiger charge is 2.30. The second kappa shape index (κ2) is 13.1. The van der Waals surface area contributed by atoms with Crippen molar-refractivity contribution >= 4 is 23.6 Å². The molecule has 0 bridgehead atoms. The minimum atomic E-state index is -0.590. The van der Waals surface area contributed by atoms with Crippen LogP contribution in [0.25, 0.3) is 0 Å². The Morgan fingerprint density at radius 1 is 0.829 bits per heavy atom. The number of carbonyl (C=O) groups excluding carboxylic acids is 2. The number of nitrogens with one attached hydrogen (secondary N) is 1. The Morgan fingerprint density at radius 3 is 2.17 bits per heavy atom. The Labute approximate surface area is 214 Å². The standard InChI is InChI=1S/C30H36N2O2S/c1-22(2)31-30(34)28(18-25-10-6-5-7-11-25)32(19-27-12-8-9-24(4)17-27)29(33)21-35-20-26-15-13-23(3)14-16-26/h5-17,22,28H,18-21H2,1-4H3,(H,31,34). The summed E-state index contributed by atoms with van der Waals surface area (Å²) in [5.41, 5.74) is 5.61. The van der Waals surface area contributed by atoms with Gasteiger partial charge in [-0.3, -0.25) is 9.59 Å². The molecule has 1 unspecified atom stereocenters. The van der Waals surface area contributed by atoms with Crippen molar-refractivity contribution in [1.29, 1.82) is 0 Å². The molecule has 0 radical (unpaired) electrons. The van der Waals surface area contributed by atoms with Crippen LogP contribution in [0.3, 0.4) is 0 Å². The van der Waals surface area contributed by atoms with E-state index in [9.17, 15) is 9.59 Å². The molecule has 3 rings (SSSR count). The fraction of sp³-hybridized carbons (Fsp3) is 0.333. The molecular weight excluding hydrogens is 452 g/mol. The van der Waals surface area contributed by atoms with Gasteiger partial charge in [0.25, 0.3) is 0 Å². The van der Waals surface area contributed by atoms with E-state index in [4.69, 9.17) is 0 Å². The normalized spacial score (nSPS) is 11.8. The van der Waals surface area contributed by atoms with Gasteiger partial charge in [-0.1, -0.05) is 90.0 Å². The van der Waals surface area contributed by atoms with Crippen molar-refractivity contribution in [1.82, 2.24) is 10.2 Å². The van der Waals surface area contributed by atoms with E-state index in [0.717, 1.165) is 22.4 Å². The molecule has 0 saturated carbocycles. The molecule has 0 aliphatic heterocycles. The van der Waals surface area contributed by atoms with E-state index in [1.807, 2.05) is 69.3 Å². The van der Waals surface area contributed by atoms with Gasteiger partial charge in [0.15, 0.2) is 0 Å². The summed E-state index contributed by atoms with van der Waals surface area (Å²) in [6.45, 7) is 8.40. The first-order valence-electron chi connectivity index (χ1n) is 12.1. The van der Waals surface area contributed by atoms with E-state index in [0.29, 0.717) is 18.7 Å². The molecule has 0 saturated heterocycles. The number of amides is 2. The Bertz CT molecular complexity index is 1100. The van der Waals surface area contributed by atoms with Crippen LogP contribution in [0, 0.1) is 13.8 Å². The van der Waals surface area contributed by atoms with E-state index in [2.05, 4.69) is 42.6 Å². The average Bonchev–Trinajstić information content (AvgIpc) is 2.82. The molecule has 0 aromatic heterocycles. The van der Waals surface area contributed by atoms with Crippen LogP contribution in [-0.2, 0) is 28.3 Å². The second-order valence-electron chi connectivity index (χ2n) is 9.36. The Kier molecular flexibility index (Phi) is 9.98. The zero-order chi connectivity index (χ0) is 25.2. The summed E-state index contributed by atoms with van der Waals surface area (Å²) in [6.07, 6.45) is 0.472. The van der Waals surface area contributed by atoms with Gasteiger partial charge in [0.05, 0.1) is 5.75 Å². The molecular formula is C30H36N2O2S. The highest BCUT2D eigenvalue weighted by Crippen LogP contribution is 2.19. The number of thioether (sulfide) groups is 1. The van der Waals surface area contributed by atoms with Crippen molar-refractivity contribution in [3.8, 4) is 0 Å². The van der Waals surface area contributed by atoms with Gasteiger partial charge in [0, 0.05) is 24.8 Å². The van der Waals surface area contributed by atoms with Gasteiger partial charge in [-0.2, -0.15) is 0 Å². The van der Waals surface area contributed by atoms with Gasteiger partial charge in [-0.05, 0) is 44.4 Å². The highest BCUT2D eigenvalue weighted by atomic mass is 32.2. The van der Waals surface area contributed by atoms with Crippen LogP contribution in [0.5, 0.6) is 0 Å². The minimum Gasteiger partial charge on any atom is -0.352 e. The summed E-state index contributed by atoms with van der Waals surface area (Å²) in [7, 11) is 0. The van der Waals surface area contributed by atoms with Gasteiger partial charge < -0.3 is 10.2 Å². The third-order valence-corrected chi connectivity index (χ3v) is 6.74. The van der Waals surface area contributed by atoms with Crippen LogP contribution in [-0.4, -0.2) is 34.6 Å². The predicted octanol–water partition coefficient (Wildman–Crippen LogP) is 5.70. The number of hydrogen-bond acceptors (Lipinski definition) is 3. The summed E-state index contributed by atoms with van der Waals surface area (Å²) in [5, 5.41) is 3.04. The Hall–Kier alpha value is -3.05. The lowest BCUT2D eigenvalue weighted by atomic mass is 10.0. The highest BCUT2D eigenvalue weighted by molar-refractivity contribution is 7.99. The van der Waals surface area contributed by atoms with E-state index in [1.54, 1.807) is 16.7 Å². The van der Waals surface area contributed by atoms with Gasteiger partial charge in [0.2, 0.25) is 11.8 Å². The van der Waals surface area contributed by atoms with Crippen LogP contribution in [0.15, 0.2) is 78.9 Å². The van der Waals surface area contributed by atoms with Crippen LogP contribution < -0.4 is 5.32 Å². The molecule has 4 nitrogen and oxygen atoms in total. The van der Waals surface area contributed by atoms with Gasteiger partial charge in [0.1, 0.15) is 6.04 Å². The third-order valence-electron chi connectivity index (χ3n) is 5.75. The monoisotopic (exact) mass is 488 g/mol. The average molecular weight is 489 g/mol. The molecule has 0 spiro atoms. The molecule has 0 aliphatic rings. The summed E-state index contributed by atoms with van der Waals surface area (Å²) < 4.78 is 0. The fourth-order valence-electron chi connectivity index (χ4n) is 3.97. The number of hydrogen-bond donors (Lipinski definition) is 1. The largest absolute Gasteiger partial charge is 0.352 e. The summed E-state index contributed by atoms with van der Waals surface area (Å²) in [4.78, 5) is 28.8. The van der Waals surface area contributed by atoms with E-state index < -0.39 is 6.04 Å². The fourth-order valence-corrected chi connectivity index (χ4v) is 4.84. The lowest BCUT2D eigenvalue weighted by Crippen LogP contribution is -2.52. The maximum atomic E-state index is 13.6. The third kappa shape index (κ3) is 8.59. The molecule has 3 aromatic carbocycles. The Morgan fingerprint density at radius 2 is 1.51 bits per heavy atom. The molecule has 184 valence electrons. The Balaban J connectivity index is 1.84.